The number of rotatable bonds is 6. The van der Waals surface area contributed by atoms with Gasteiger partial charge in [-0.05, 0) is 42.9 Å². The van der Waals surface area contributed by atoms with E-state index >= 15 is 0 Å². The predicted octanol–water partition coefficient (Wildman–Crippen LogP) is 3.32. The lowest BCUT2D eigenvalue weighted by Crippen LogP contribution is -2.41. The number of ether oxygens (including phenoxy) is 1. The molecule has 1 N–H and O–H groups in total. The molecular formula is C14H20BrNO3S. The SMILES string of the molecule is CCC1(CNS(=O)(=O)c2cc(Br)ccc2OC)CCC1. The molecule has 0 aliphatic heterocycles. The van der Waals surface area contributed by atoms with Crippen LogP contribution < -0.4 is 9.46 Å². The van der Waals surface area contributed by atoms with Crippen molar-refractivity contribution in [3.05, 3.63) is 22.7 Å². The van der Waals surface area contributed by atoms with Crippen molar-refractivity contribution in [2.45, 2.75) is 37.5 Å². The van der Waals surface area contributed by atoms with E-state index in [1.807, 2.05) is 0 Å². The Kier molecular flexibility index (Phi) is 4.76. The molecule has 0 atom stereocenters. The molecule has 2 rings (SSSR count). The van der Waals surface area contributed by atoms with Crippen molar-refractivity contribution >= 4 is 26.0 Å². The van der Waals surface area contributed by atoms with Crippen LogP contribution in [0.25, 0.3) is 0 Å². The van der Waals surface area contributed by atoms with Gasteiger partial charge < -0.3 is 4.74 Å². The van der Waals surface area contributed by atoms with Gasteiger partial charge in [-0.1, -0.05) is 29.3 Å². The first-order chi connectivity index (χ1) is 9.42. The molecule has 112 valence electrons. The van der Waals surface area contributed by atoms with Crippen molar-refractivity contribution in [3.8, 4) is 5.75 Å². The lowest BCUT2D eigenvalue weighted by atomic mass is 9.67. The van der Waals surface area contributed by atoms with Crippen molar-refractivity contribution < 1.29 is 13.2 Å². The van der Waals surface area contributed by atoms with Gasteiger partial charge in [0.1, 0.15) is 10.6 Å². The van der Waals surface area contributed by atoms with Gasteiger partial charge in [0.05, 0.1) is 7.11 Å². The number of halogens is 1. The van der Waals surface area contributed by atoms with Gasteiger partial charge in [0, 0.05) is 11.0 Å². The second kappa shape index (κ2) is 6.03. The summed E-state index contributed by atoms with van der Waals surface area (Å²) in [7, 11) is -2.08. The highest BCUT2D eigenvalue weighted by Crippen LogP contribution is 2.43. The van der Waals surface area contributed by atoms with Gasteiger partial charge in [-0.2, -0.15) is 0 Å². The van der Waals surface area contributed by atoms with E-state index in [9.17, 15) is 8.42 Å². The number of sulfonamides is 1. The molecule has 0 saturated heterocycles. The van der Waals surface area contributed by atoms with Gasteiger partial charge in [0.15, 0.2) is 0 Å². The van der Waals surface area contributed by atoms with E-state index < -0.39 is 10.0 Å². The van der Waals surface area contributed by atoms with E-state index in [4.69, 9.17) is 4.74 Å². The number of methoxy groups -OCH3 is 1. The first-order valence-electron chi connectivity index (χ1n) is 6.76. The summed E-state index contributed by atoms with van der Waals surface area (Å²) >= 11 is 3.30. The maximum absolute atomic E-state index is 12.5. The zero-order valence-corrected chi connectivity index (χ0v) is 14.2. The van der Waals surface area contributed by atoms with Gasteiger partial charge in [0.2, 0.25) is 10.0 Å². The zero-order chi connectivity index (χ0) is 14.8. The van der Waals surface area contributed by atoms with Crippen LogP contribution in [0.5, 0.6) is 5.75 Å². The Morgan fingerprint density at radius 2 is 2.10 bits per heavy atom. The Balaban J connectivity index is 2.20. The van der Waals surface area contributed by atoms with E-state index in [2.05, 4.69) is 27.6 Å². The van der Waals surface area contributed by atoms with E-state index in [1.54, 1.807) is 18.2 Å². The van der Waals surface area contributed by atoms with Crippen LogP contribution in [0.15, 0.2) is 27.6 Å². The van der Waals surface area contributed by atoms with Crippen molar-refractivity contribution in [2.75, 3.05) is 13.7 Å². The van der Waals surface area contributed by atoms with Crippen LogP contribution in [0.3, 0.4) is 0 Å². The van der Waals surface area contributed by atoms with Crippen LogP contribution in [-0.2, 0) is 10.0 Å². The van der Waals surface area contributed by atoms with Crippen LogP contribution >= 0.6 is 15.9 Å². The van der Waals surface area contributed by atoms with Crippen LogP contribution in [0, 0.1) is 5.41 Å². The van der Waals surface area contributed by atoms with E-state index in [0.29, 0.717) is 16.8 Å². The predicted molar refractivity (Wildman–Crippen MR) is 82.5 cm³/mol. The van der Waals surface area contributed by atoms with E-state index in [1.165, 1.54) is 13.5 Å². The molecule has 1 fully saturated rings. The molecule has 0 unspecified atom stereocenters. The van der Waals surface area contributed by atoms with Crippen molar-refractivity contribution in [2.24, 2.45) is 5.41 Å². The minimum atomic E-state index is -3.55. The van der Waals surface area contributed by atoms with Crippen LogP contribution in [-0.4, -0.2) is 22.1 Å². The quantitative estimate of drug-likeness (QED) is 0.845. The summed E-state index contributed by atoms with van der Waals surface area (Å²) in [5.41, 5.74) is 0.145. The van der Waals surface area contributed by atoms with Crippen molar-refractivity contribution in [3.63, 3.8) is 0 Å². The van der Waals surface area contributed by atoms with Gasteiger partial charge in [0.25, 0.3) is 0 Å². The molecule has 1 aromatic rings. The highest BCUT2D eigenvalue weighted by Gasteiger charge is 2.36. The highest BCUT2D eigenvalue weighted by molar-refractivity contribution is 9.10. The summed E-state index contributed by atoms with van der Waals surface area (Å²) in [5.74, 6) is 0.361. The summed E-state index contributed by atoms with van der Waals surface area (Å²) < 4.78 is 33.5. The molecule has 6 heteroatoms. The molecule has 0 radical (unpaired) electrons. The van der Waals surface area contributed by atoms with Gasteiger partial charge in [-0.25, -0.2) is 13.1 Å². The molecule has 1 aliphatic carbocycles. The molecule has 0 amide bonds. The molecule has 1 saturated carbocycles. The molecule has 0 bridgehead atoms. The Bertz CT molecular complexity index is 577. The number of nitrogens with one attached hydrogen (secondary N) is 1. The summed E-state index contributed by atoms with van der Waals surface area (Å²) in [4.78, 5) is 0.181. The van der Waals surface area contributed by atoms with Crippen LogP contribution in [0.4, 0.5) is 0 Å². The Hall–Kier alpha value is -0.590. The Labute approximate surface area is 129 Å². The van der Waals surface area contributed by atoms with E-state index in [0.717, 1.165) is 19.3 Å². The average molecular weight is 362 g/mol. The largest absolute Gasteiger partial charge is 0.495 e. The highest BCUT2D eigenvalue weighted by atomic mass is 79.9. The fourth-order valence-corrected chi connectivity index (χ4v) is 4.38. The summed E-state index contributed by atoms with van der Waals surface area (Å²) in [6, 6.07) is 4.98. The minimum absolute atomic E-state index is 0.145. The first-order valence-corrected chi connectivity index (χ1v) is 9.03. The zero-order valence-electron chi connectivity index (χ0n) is 11.8. The minimum Gasteiger partial charge on any atom is -0.495 e. The maximum Gasteiger partial charge on any atom is 0.244 e. The summed E-state index contributed by atoms with van der Waals surface area (Å²) in [6.45, 7) is 2.62. The van der Waals surface area contributed by atoms with Gasteiger partial charge in [-0.15, -0.1) is 0 Å². The monoisotopic (exact) mass is 361 g/mol. The third-order valence-corrected chi connectivity index (χ3v) is 6.13. The molecule has 0 heterocycles. The molecule has 1 aliphatic rings. The molecule has 1 aromatic carbocycles. The first kappa shape index (κ1) is 15.8. The lowest BCUT2D eigenvalue weighted by Gasteiger charge is -2.41. The van der Waals surface area contributed by atoms with E-state index in [-0.39, 0.29) is 10.3 Å². The van der Waals surface area contributed by atoms with Crippen LogP contribution in [0.1, 0.15) is 32.6 Å². The number of hydrogen-bond donors (Lipinski definition) is 1. The lowest BCUT2D eigenvalue weighted by molar-refractivity contribution is 0.133. The second-order valence-electron chi connectivity index (χ2n) is 5.33. The number of hydrogen-bond acceptors (Lipinski definition) is 3. The second-order valence-corrected chi connectivity index (χ2v) is 7.98. The fraction of sp³-hybridized carbons (Fsp3) is 0.571. The van der Waals surface area contributed by atoms with Gasteiger partial charge in [-0.3, -0.25) is 0 Å². The molecular weight excluding hydrogens is 342 g/mol. The van der Waals surface area contributed by atoms with Crippen molar-refractivity contribution in [1.82, 2.24) is 4.72 Å². The number of benzene rings is 1. The van der Waals surface area contributed by atoms with Crippen molar-refractivity contribution in [1.29, 1.82) is 0 Å². The normalized spacial score (nSPS) is 17.6. The molecule has 20 heavy (non-hydrogen) atoms. The maximum atomic E-state index is 12.5. The summed E-state index contributed by atoms with van der Waals surface area (Å²) in [6.07, 6.45) is 4.39. The third kappa shape index (κ3) is 3.18. The molecule has 0 spiro atoms. The average Bonchev–Trinajstić information content (AvgIpc) is 2.38. The fourth-order valence-electron chi connectivity index (χ4n) is 2.52. The standard InChI is InChI=1S/C14H20BrNO3S/c1-3-14(7-4-8-14)10-16-20(17,18)13-9-11(15)5-6-12(13)19-2/h5-6,9,16H,3-4,7-8,10H2,1-2H3. The Morgan fingerprint density at radius 1 is 1.40 bits per heavy atom. The Morgan fingerprint density at radius 3 is 2.60 bits per heavy atom. The topological polar surface area (TPSA) is 55.4 Å². The smallest absolute Gasteiger partial charge is 0.244 e. The van der Waals surface area contributed by atoms with Gasteiger partial charge >= 0.3 is 0 Å². The molecule has 0 aromatic heterocycles. The van der Waals surface area contributed by atoms with Crippen LogP contribution in [0.2, 0.25) is 0 Å². The summed E-state index contributed by atoms with van der Waals surface area (Å²) in [5, 5.41) is 0. The molecule has 4 nitrogen and oxygen atoms in total. The third-order valence-electron chi connectivity index (χ3n) is 4.22.